The molecule has 0 saturated heterocycles. The lowest BCUT2D eigenvalue weighted by Gasteiger charge is -2.16. The van der Waals surface area contributed by atoms with Crippen LogP contribution in [0.2, 0.25) is 0 Å². The fourth-order valence-corrected chi connectivity index (χ4v) is 1.87. The van der Waals surface area contributed by atoms with Crippen molar-refractivity contribution in [1.29, 1.82) is 0 Å². The Morgan fingerprint density at radius 1 is 1.32 bits per heavy atom. The standard InChI is InChI=1S/C15H23NO3/c1-4-8-19-15-10-12(6-7-14(15)18-3)9-13(5-2)16-11-17/h6-7,10-11,13H,4-5,8-9H2,1-3H3,(H,16,17)/t13-/m0/s1. The van der Waals surface area contributed by atoms with Gasteiger partial charge in [0.25, 0.3) is 0 Å². The van der Waals surface area contributed by atoms with Crippen molar-refractivity contribution < 1.29 is 14.3 Å². The first-order valence-corrected chi connectivity index (χ1v) is 6.74. The molecule has 1 amide bonds. The SMILES string of the molecule is CCCOc1cc(C[C@H](CC)NC=O)ccc1OC. The molecule has 0 bridgehead atoms. The third-order valence-corrected chi connectivity index (χ3v) is 2.97. The molecule has 0 aliphatic carbocycles. The van der Waals surface area contributed by atoms with Crippen molar-refractivity contribution in [3.63, 3.8) is 0 Å². The molecule has 0 aromatic heterocycles. The summed E-state index contributed by atoms with van der Waals surface area (Å²) in [5.74, 6) is 1.51. The zero-order valence-electron chi connectivity index (χ0n) is 11.9. The van der Waals surface area contributed by atoms with E-state index >= 15 is 0 Å². The Kier molecular flexibility index (Phi) is 6.79. The Bertz CT molecular complexity index is 393. The van der Waals surface area contributed by atoms with Crippen molar-refractivity contribution >= 4 is 6.41 Å². The van der Waals surface area contributed by atoms with E-state index in [0.29, 0.717) is 6.61 Å². The number of rotatable bonds is 9. The predicted molar refractivity (Wildman–Crippen MR) is 75.8 cm³/mol. The maximum atomic E-state index is 10.5. The summed E-state index contributed by atoms with van der Waals surface area (Å²) in [5.41, 5.74) is 1.13. The summed E-state index contributed by atoms with van der Waals surface area (Å²) < 4.78 is 11.0. The van der Waals surface area contributed by atoms with Crippen LogP contribution in [-0.2, 0) is 11.2 Å². The highest BCUT2D eigenvalue weighted by Crippen LogP contribution is 2.28. The molecule has 1 aromatic carbocycles. The van der Waals surface area contributed by atoms with Gasteiger partial charge in [-0.3, -0.25) is 4.79 Å². The van der Waals surface area contributed by atoms with Crippen LogP contribution >= 0.6 is 0 Å². The summed E-state index contributed by atoms with van der Waals surface area (Å²) in [5, 5.41) is 2.82. The average molecular weight is 265 g/mol. The van der Waals surface area contributed by atoms with Crippen LogP contribution in [0.25, 0.3) is 0 Å². The predicted octanol–water partition coefficient (Wildman–Crippen LogP) is 2.55. The number of amides is 1. The van der Waals surface area contributed by atoms with Crippen LogP contribution in [0.4, 0.5) is 0 Å². The van der Waals surface area contributed by atoms with Crippen LogP contribution in [0, 0.1) is 0 Å². The third-order valence-electron chi connectivity index (χ3n) is 2.97. The van der Waals surface area contributed by atoms with Crippen LogP contribution in [0.15, 0.2) is 18.2 Å². The van der Waals surface area contributed by atoms with E-state index in [-0.39, 0.29) is 6.04 Å². The Morgan fingerprint density at radius 2 is 2.11 bits per heavy atom. The molecule has 106 valence electrons. The van der Waals surface area contributed by atoms with Gasteiger partial charge in [0, 0.05) is 6.04 Å². The molecule has 0 spiro atoms. The van der Waals surface area contributed by atoms with Crippen molar-refractivity contribution in [3.8, 4) is 11.5 Å². The van der Waals surface area contributed by atoms with E-state index in [9.17, 15) is 4.79 Å². The van der Waals surface area contributed by atoms with Gasteiger partial charge in [-0.15, -0.1) is 0 Å². The molecule has 4 heteroatoms. The highest BCUT2D eigenvalue weighted by molar-refractivity contribution is 5.47. The van der Waals surface area contributed by atoms with E-state index in [0.717, 1.165) is 42.7 Å². The minimum absolute atomic E-state index is 0.157. The number of carbonyl (C=O) groups excluding carboxylic acids is 1. The van der Waals surface area contributed by atoms with Gasteiger partial charge in [-0.1, -0.05) is 19.9 Å². The number of benzene rings is 1. The monoisotopic (exact) mass is 265 g/mol. The smallest absolute Gasteiger partial charge is 0.207 e. The lowest BCUT2D eigenvalue weighted by atomic mass is 10.0. The molecule has 4 nitrogen and oxygen atoms in total. The Balaban J connectivity index is 2.81. The fourth-order valence-electron chi connectivity index (χ4n) is 1.87. The maximum Gasteiger partial charge on any atom is 0.207 e. The molecule has 0 unspecified atom stereocenters. The molecule has 0 saturated carbocycles. The van der Waals surface area contributed by atoms with Crippen molar-refractivity contribution in [2.24, 2.45) is 0 Å². The highest BCUT2D eigenvalue weighted by atomic mass is 16.5. The Hall–Kier alpha value is -1.71. The van der Waals surface area contributed by atoms with E-state index in [2.05, 4.69) is 19.2 Å². The van der Waals surface area contributed by atoms with E-state index < -0.39 is 0 Å². The second-order valence-corrected chi connectivity index (χ2v) is 4.43. The number of methoxy groups -OCH3 is 1. The van der Waals surface area contributed by atoms with Crippen LogP contribution in [0.1, 0.15) is 32.3 Å². The van der Waals surface area contributed by atoms with Gasteiger partial charge in [0.2, 0.25) is 6.41 Å². The quantitative estimate of drug-likeness (QED) is 0.698. The molecule has 0 fully saturated rings. The van der Waals surface area contributed by atoms with Crippen LogP contribution < -0.4 is 14.8 Å². The summed E-state index contributed by atoms with van der Waals surface area (Å²) in [6.45, 7) is 4.79. The minimum Gasteiger partial charge on any atom is -0.493 e. The molecule has 1 rings (SSSR count). The second-order valence-electron chi connectivity index (χ2n) is 4.43. The molecule has 0 aliphatic heterocycles. The molecular weight excluding hydrogens is 242 g/mol. The van der Waals surface area contributed by atoms with Gasteiger partial charge in [-0.05, 0) is 37.0 Å². The third kappa shape index (κ3) is 4.81. The lowest BCUT2D eigenvalue weighted by Crippen LogP contribution is -2.29. The molecule has 0 heterocycles. The van der Waals surface area contributed by atoms with Crippen molar-refractivity contribution in [1.82, 2.24) is 5.32 Å². The average Bonchev–Trinajstić information content (AvgIpc) is 2.44. The number of hydrogen-bond donors (Lipinski definition) is 1. The summed E-state index contributed by atoms with van der Waals surface area (Å²) >= 11 is 0. The molecular formula is C15H23NO3. The Labute approximate surface area is 115 Å². The van der Waals surface area contributed by atoms with Gasteiger partial charge in [-0.2, -0.15) is 0 Å². The highest BCUT2D eigenvalue weighted by Gasteiger charge is 2.10. The van der Waals surface area contributed by atoms with Gasteiger partial charge < -0.3 is 14.8 Å². The van der Waals surface area contributed by atoms with E-state index in [4.69, 9.17) is 9.47 Å². The van der Waals surface area contributed by atoms with E-state index in [1.807, 2.05) is 18.2 Å². The first-order valence-electron chi connectivity index (χ1n) is 6.74. The summed E-state index contributed by atoms with van der Waals surface area (Å²) in [4.78, 5) is 10.5. The fraction of sp³-hybridized carbons (Fsp3) is 0.533. The number of ether oxygens (including phenoxy) is 2. The van der Waals surface area contributed by atoms with E-state index in [1.165, 1.54) is 0 Å². The number of nitrogens with one attached hydrogen (secondary N) is 1. The summed E-state index contributed by atoms with van der Waals surface area (Å²) in [7, 11) is 1.64. The van der Waals surface area contributed by atoms with Gasteiger partial charge in [0.1, 0.15) is 0 Å². The molecule has 1 N–H and O–H groups in total. The van der Waals surface area contributed by atoms with Crippen molar-refractivity contribution in [2.75, 3.05) is 13.7 Å². The largest absolute Gasteiger partial charge is 0.493 e. The summed E-state index contributed by atoms with van der Waals surface area (Å²) in [6, 6.07) is 6.06. The van der Waals surface area contributed by atoms with Crippen molar-refractivity contribution in [2.45, 2.75) is 39.2 Å². The van der Waals surface area contributed by atoms with Gasteiger partial charge in [-0.25, -0.2) is 0 Å². The minimum atomic E-state index is 0.157. The maximum absolute atomic E-state index is 10.5. The van der Waals surface area contributed by atoms with Gasteiger partial charge in [0.15, 0.2) is 11.5 Å². The molecule has 1 aromatic rings. The molecule has 19 heavy (non-hydrogen) atoms. The Morgan fingerprint density at radius 3 is 2.68 bits per heavy atom. The van der Waals surface area contributed by atoms with Gasteiger partial charge in [0.05, 0.1) is 13.7 Å². The van der Waals surface area contributed by atoms with Crippen molar-refractivity contribution in [3.05, 3.63) is 23.8 Å². The topological polar surface area (TPSA) is 47.6 Å². The molecule has 1 atom stereocenters. The number of carbonyl (C=O) groups is 1. The van der Waals surface area contributed by atoms with Crippen LogP contribution in [-0.4, -0.2) is 26.2 Å². The van der Waals surface area contributed by atoms with Gasteiger partial charge >= 0.3 is 0 Å². The first kappa shape index (κ1) is 15.3. The zero-order chi connectivity index (χ0) is 14.1. The molecule has 0 radical (unpaired) electrons. The van der Waals surface area contributed by atoms with Crippen LogP contribution in [0.3, 0.4) is 0 Å². The lowest BCUT2D eigenvalue weighted by molar-refractivity contribution is -0.110. The van der Waals surface area contributed by atoms with Crippen LogP contribution in [0.5, 0.6) is 11.5 Å². The normalized spacial score (nSPS) is 11.7. The second kappa shape index (κ2) is 8.40. The zero-order valence-corrected chi connectivity index (χ0v) is 11.9. The first-order chi connectivity index (χ1) is 9.24. The summed E-state index contributed by atoms with van der Waals surface area (Å²) in [6.07, 6.45) is 3.40. The van der Waals surface area contributed by atoms with E-state index in [1.54, 1.807) is 7.11 Å². The number of hydrogen-bond acceptors (Lipinski definition) is 3. The molecule has 0 aliphatic rings.